The van der Waals surface area contributed by atoms with Crippen molar-refractivity contribution >= 4 is 23.5 Å². The minimum Gasteiger partial charge on any atom is -0.310 e. The van der Waals surface area contributed by atoms with Gasteiger partial charge in [-0.3, -0.25) is 19.4 Å². The first kappa shape index (κ1) is 15.0. The largest absolute Gasteiger partial charge is 0.310 e. The lowest BCUT2D eigenvalue weighted by atomic mass is 10.1. The van der Waals surface area contributed by atoms with Crippen molar-refractivity contribution in [2.75, 3.05) is 11.1 Å². The molecule has 1 aliphatic rings. The van der Waals surface area contributed by atoms with E-state index in [4.69, 9.17) is 0 Å². The van der Waals surface area contributed by atoms with Gasteiger partial charge in [-0.2, -0.15) is 0 Å². The minimum absolute atomic E-state index is 0.0688. The monoisotopic (exact) mass is 317 g/mol. The molecule has 0 bridgehead atoms. The molecule has 0 saturated heterocycles. The van der Waals surface area contributed by atoms with Crippen molar-refractivity contribution in [2.24, 2.45) is 0 Å². The Hall–Kier alpha value is -1.95. The van der Waals surface area contributed by atoms with Crippen LogP contribution in [0.15, 0.2) is 35.1 Å². The number of anilines is 1. The van der Waals surface area contributed by atoms with Gasteiger partial charge >= 0.3 is 0 Å². The number of carbonyl (C=O) groups excluding carboxylic acids is 1. The predicted molar refractivity (Wildman–Crippen MR) is 89.4 cm³/mol. The van der Waals surface area contributed by atoms with Crippen molar-refractivity contribution in [1.29, 1.82) is 0 Å². The molecule has 2 atom stereocenters. The van der Waals surface area contributed by atoms with Gasteiger partial charge in [-0.1, -0.05) is 37.3 Å². The molecule has 22 heavy (non-hydrogen) atoms. The summed E-state index contributed by atoms with van der Waals surface area (Å²) in [5.74, 6) is 0.887. The topological polar surface area (TPSA) is 66.9 Å². The summed E-state index contributed by atoms with van der Waals surface area (Å²) in [6, 6.07) is 9.97. The summed E-state index contributed by atoms with van der Waals surface area (Å²) in [5.41, 5.74) is 1.55. The van der Waals surface area contributed by atoms with Gasteiger partial charge < -0.3 is 5.32 Å². The molecule has 0 radical (unpaired) electrons. The fraction of sp³-hybridized carbons (Fsp3) is 0.375. The summed E-state index contributed by atoms with van der Waals surface area (Å²) in [4.78, 5) is 24.5. The summed E-state index contributed by atoms with van der Waals surface area (Å²) < 4.78 is 1.79. The second-order valence-corrected chi connectivity index (χ2v) is 6.57. The van der Waals surface area contributed by atoms with Crippen molar-refractivity contribution < 1.29 is 4.79 Å². The van der Waals surface area contributed by atoms with Crippen LogP contribution in [0.3, 0.4) is 0 Å². The van der Waals surface area contributed by atoms with Crippen molar-refractivity contribution in [3.63, 3.8) is 0 Å². The maximum atomic E-state index is 12.5. The molecule has 1 amide bonds. The van der Waals surface area contributed by atoms with Crippen LogP contribution in [-0.4, -0.2) is 21.4 Å². The number of aromatic amines is 1. The highest BCUT2D eigenvalue weighted by Crippen LogP contribution is 2.40. The molecule has 1 aromatic heterocycles. The highest BCUT2D eigenvalue weighted by molar-refractivity contribution is 8.00. The van der Waals surface area contributed by atoms with Crippen LogP contribution in [0.1, 0.15) is 42.7 Å². The number of hydrogen-bond donors (Lipinski definition) is 2. The first-order valence-electron chi connectivity index (χ1n) is 7.42. The number of rotatable bonds is 3. The van der Waals surface area contributed by atoms with E-state index >= 15 is 0 Å². The van der Waals surface area contributed by atoms with E-state index in [2.05, 4.69) is 17.3 Å². The van der Waals surface area contributed by atoms with Crippen molar-refractivity contribution in [3.8, 4) is 0 Å². The second kappa shape index (κ2) is 6.04. The number of nitrogens with zero attached hydrogens (tertiary/aromatic N) is 1. The Morgan fingerprint density at radius 1 is 1.32 bits per heavy atom. The van der Waals surface area contributed by atoms with Gasteiger partial charge in [0.25, 0.3) is 5.56 Å². The molecule has 2 heterocycles. The fourth-order valence-electron chi connectivity index (χ4n) is 2.65. The molecule has 116 valence electrons. The Balaban J connectivity index is 2.17. The molecule has 2 aromatic rings. The lowest BCUT2D eigenvalue weighted by Gasteiger charge is -2.16. The van der Waals surface area contributed by atoms with Crippen LogP contribution in [0.5, 0.6) is 0 Å². The van der Waals surface area contributed by atoms with Gasteiger partial charge in [-0.15, -0.1) is 11.8 Å². The van der Waals surface area contributed by atoms with Crippen molar-refractivity contribution in [1.82, 2.24) is 9.78 Å². The van der Waals surface area contributed by atoms with Gasteiger partial charge in [0.05, 0.1) is 16.6 Å². The summed E-state index contributed by atoms with van der Waals surface area (Å²) in [6.45, 7) is 4.08. The van der Waals surface area contributed by atoms with Gasteiger partial charge in [-0.25, -0.2) is 0 Å². The third-order valence-corrected chi connectivity index (χ3v) is 5.27. The standard InChI is InChI=1S/C16H19N3O2S/c1-3-10(2)19-15-13(16(21)18-19)14(22-9-12(20)17-15)11-7-5-4-6-8-11/h4-8,10,14H,3,9H2,1-2H3,(H,17,20)(H,18,21)/t10-,14+/m0/s1. The maximum Gasteiger partial charge on any atom is 0.270 e. The number of aromatic nitrogens is 2. The Morgan fingerprint density at radius 3 is 2.73 bits per heavy atom. The Morgan fingerprint density at radius 2 is 2.05 bits per heavy atom. The molecule has 1 aliphatic heterocycles. The average molecular weight is 317 g/mol. The van der Waals surface area contributed by atoms with E-state index in [9.17, 15) is 9.59 Å². The number of fused-ring (bicyclic) bond motifs is 1. The van der Waals surface area contributed by atoms with Crippen molar-refractivity contribution in [3.05, 3.63) is 51.8 Å². The highest BCUT2D eigenvalue weighted by Gasteiger charge is 2.30. The van der Waals surface area contributed by atoms with Crippen LogP contribution in [0.4, 0.5) is 5.82 Å². The number of hydrogen-bond acceptors (Lipinski definition) is 3. The van der Waals surface area contributed by atoms with Gasteiger partial charge in [-0.05, 0) is 18.9 Å². The SMILES string of the molecule is CC[C@H](C)n1[nH]c(=O)c2c1NC(=O)CS[C@@H]2c1ccccc1. The third-order valence-electron chi connectivity index (χ3n) is 4.00. The van der Waals surface area contributed by atoms with Crippen LogP contribution in [0, 0.1) is 0 Å². The van der Waals surface area contributed by atoms with E-state index in [0.717, 1.165) is 12.0 Å². The molecule has 0 fully saturated rings. The van der Waals surface area contributed by atoms with E-state index in [-0.39, 0.29) is 22.8 Å². The van der Waals surface area contributed by atoms with Crippen molar-refractivity contribution in [2.45, 2.75) is 31.6 Å². The van der Waals surface area contributed by atoms with Gasteiger partial charge in [0.2, 0.25) is 5.91 Å². The third kappa shape index (κ3) is 2.59. The van der Waals surface area contributed by atoms with Crippen LogP contribution in [0.25, 0.3) is 0 Å². The van der Waals surface area contributed by atoms with E-state index in [1.165, 1.54) is 11.8 Å². The summed E-state index contributed by atoms with van der Waals surface area (Å²) in [5, 5.41) is 5.65. The molecular formula is C16H19N3O2S. The first-order valence-corrected chi connectivity index (χ1v) is 8.47. The van der Waals surface area contributed by atoms with Crippen LogP contribution in [-0.2, 0) is 4.79 Å². The van der Waals surface area contributed by atoms with E-state index < -0.39 is 0 Å². The number of nitrogens with one attached hydrogen (secondary N) is 2. The number of benzene rings is 1. The highest BCUT2D eigenvalue weighted by atomic mass is 32.2. The lowest BCUT2D eigenvalue weighted by molar-refractivity contribution is -0.113. The predicted octanol–water partition coefficient (Wildman–Crippen LogP) is 2.92. The number of thioether (sulfide) groups is 1. The Bertz CT molecular complexity index is 736. The molecule has 2 N–H and O–H groups in total. The summed E-state index contributed by atoms with van der Waals surface area (Å²) in [6.07, 6.45) is 0.871. The number of H-pyrrole nitrogens is 1. The zero-order valence-corrected chi connectivity index (χ0v) is 13.4. The molecular weight excluding hydrogens is 298 g/mol. The second-order valence-electron chi connectivity index (χ2n) is 5.48. The van der Waals surface area contributed by atoms with E-state index in [1.807, 2.05) is 37.3 Å². The smallest absolute Gasteiger partial charge is 0.270 e. The zero-order valence-electron chi connectivity index (χ0n) is 12.6. The number of amides is 1. The molecule has 5 nitrogen and oxygen atoms in total. The molecule has 0 saturated carbocycles. The number of carbonyl (C=O) groups is 1. The lowest BCUT2D eigenvalue weighted by Crippen LogP contribution is -2.18. The zero-order chi connectivity index (χ0) is 15.7. The fourth-order valence-corrected chi connectivity index (χ4v) is 3.77. The molecule has 3 rings (SSSR count). The quantitative estimate of drug-likeness (QED) is 0.914. The Labute approximate surface area is 133 Å². The molecule has 6 heteroatoms. The van der Waals surface area contributed by atoms with Crippen LogP contribution >= 0.6 is 11.8 Å². The van der Waals surface area contributed by atoms with E-state index in [0.29, 0.717) is 17.1 Å². The van der Waals surface area contributed by atoms with E-state index in [1.54, 1.807) is 4.68 Å². The van der Waals surface area contributed by atoms with Crippen LogP contribution in [0.2, 0.25) is 0 Å². The minimum atomic E-state index is -0.135. The molecule has 1 aromatic carbocycles. The van der Waals surface area contributed by atoms with Gasteiger partial charge in [0.1, 0.15) is 5.82 Å². The Kier molecular flexibility index (Phi) is 4.11. The normalized spacial score (nSPS) is 19.2. The molecule has 0 spiro atoms. The molecule has 0 aliphatic carbocycles. The first-order chi connectivity index (χ1) is 10.6. The average Bonchev–Trinajstić information content (AvgIpc) is 2.74. The summed E-state index contributed by atoms with van der Waals surface area (Å²) in [7, 11) is 0. The maximum absolute atomic E-state index is 12.5. The molecule has 0 unspecified atom stereocenters. The van der Waals surface area contributed by atoms with Gasteiger partial charge in [0.15, 0.2) is 0 Å². The van der Waals surface area contributed by atoms with Crippen LogP contribution < -0.4 is 10.9 Å². The summed E-state index contributed by atoms with van der Waals surface area (Å²) >= 11 is 1.49. The van der Waals surface area contributed by atoms with Gasteiger partial charge in [0, 0.05) is 6.04 Å².